The first-order valence-corrected chi connectivity index (χ1v) is 5.05. The highest BCUT2D eigenvalue weighted by atomic mass is 35.5. The van der Waals surface area contributed by atoms with Crippen molar-refractivity contribution in [3.8, 4) is 0 Å². The van der Waals surface area contributed by atoms with E-state index in [1.54, 1.807) is 12.1 Å². The van der Waals surface area contributed by atoms with Crippen molar-refractivity contribution in [2.75, 3.05) is 11.9 Å². The van der Waals surface area contributed by atoms with Gasteiger partial charge in [0.15, 0.2) is 0 Å². The largest absolute Gasteiger partial charge is 0.325 e. The van der Waals surface area contributed by atoms with E-state index in [0.717, 1.165) is 19.4 Å². The molecule has 1 aromatic carbocycles. The van der Waals surface area contributed by atoms with Crippen LogP contribution in [-0.4, -0.2) is 18.5 Å². The fraction of sp³-hybridized carbons (Fsp3) is 0.364. The fourth-order valence-electron chi connectivity index (χ4n) is 1.67. The van der Waals surface area contributed by atoms with Crippen molar-refractivity contribution in [1.29, 1.82) is 0 Å². The third-order valence-corrected chi connectivity index (χ3v) is 2.49. The number of carbonyl (C=O) groups excluding carboxylic acids is 1. The van der Waals surface area contributed by atoms with Crippen molar-refractivity contribution in [2.24, 2.45) is 0 Å². The Bertz CT molecular complexity index is 350. The van der Waals surface area contributed by atoms with Crippen LogP contribution < -0.4 is 10.6 Å². The summed E-state index contributed by atoms with van der Waals surface area (Å²) in [7, 11) is 0. The Morgan fingerprint density at radius 1 is 1.38 bits per heavy atom. The van der Waals surface area contributed by atoms with E-state index in [1.165, 1.54) is 12.1 Å². The van der Waals surface area contributed by atoms with Crippen LogP contribution in [0.1, 0.15) is 12.8 Å². The van der Waals surface area contributed by atoms with Crippen LogP contribution >= 0.6 is 12.4 Å². The standard InChI is InChI=1S/C11H13FN2O.ClH/c12-8-3-5-9(6-4-8)14-11(15)10-2-1-7-13-10;/h3-6,10,13H,1-2,7H2,(H,14,15);1H. The van der Waals surface area contributed by atoms with Crippen molar-refractivity contribution in [1.82, 2.24) is 5.32 Å². The third kappa shape index (κ3) is 3.18. The summed E-state index contributed by atoms with van der Waals surface area (Å²) >= 11 is 0. The van der Waals surface area contributed by atoms with Gasteiger partial charge in [-0.3, -0.25) is 4.79 Å². The molecule has 3 nitrogen and oxygen atoms in total. The molecule has 2 rings (SSSR count). The predicted octanol–water partition coefficient (Wildman–Crippen LogP) is 1.94. The van der Waals surface area contributed by atoms with Crippen molar-refractivity contribution >= 4 is 24.0 Å². The number of nitrogens with one attached hydrogen (secondary N) is 2. The molecule has 0 bridgehead atoms. The van der Waals surface area contributed by atoms with Gasteiger partial charge in [0.25, 0.3) is 0 Å². The average molecular weight is 245 g/mol. The molecular weight excluding hydrogens is 231 g/mol. The molecule has 1 aliphatic heterocycles. The van der Waals surface area contributed by atoms with Crippen LogP contribution in [0.3, 0.4) is 0 Å². The Kier molecular flexibility index (Phi) is 4.71. The maximum atomic E-state index is 12.6. The van der Waals surface area contributed by atoms with Crippen LogP contribution in [-0.2, 0) is 4.79 Å². The number of hydrogen-bond donors (Lipinski definition) is 2. The molecule has 1 fully saturated rings. The topological polar surface area (TPSA) is 41.1 Å². The minimum atomic E-state index is -0.299. The van der Waals surface area contributed by atoms with E-state index >= 15 is 0 Å². The molecule has 0 aliphatic carbocycles. The fourth-order valence-corrected chi connectivity index (χ4v) is 1.67. The number of benzene rings is 1. The van der Waals surface area contributed by atoms with Gasteiger partial charge in [-0.2, -0.15) is 0 Å². The van der Waals surface area contributed by atoms with Crippen LogP contribution in [0.15, 0.2) is 24.3 Å². The van der Waals surface area contributed by atoms with Crippen LogP contribution in [0, 0.1) is 5.82 Å². The zero-order valence-corrected chi connectivity index (χ0v) is 9.52. The molecule has 16 heavy (non-hydrogen) atoms. The van der Waals surface area contributed by atoms with E-state index in [4.69, 9.17) is 0 Å². The molecule has 1 aliphatic rings. The van der Waals surface area contributed by atoms with Crippen LogP contribution in [0.4, 0.5) is 10.1 Å². The highest BCUT2D eigenvalue weighted by molar-refractivity contribution is 5.94. The lowest BCUT2D eigenvalue weighted by molar-refractivity contribution is -0.117. The third-order valence-electron chi connectivity index (χ3n) is 2.49. The summed E-state index contributed by atoms with van der Waals surface area (Å²) in [6.45, 7) is 0.890. The van der Waals surface area contributed by atoms with Crippen LogP contribution in [0.25, 0.3) is 0 Å². The van der Waals surface area contributed by atoms with Gasteiger partial charge in [0.05, 0.1) is 6.04 Å². The van der Waals surface area contributed by atoms with Crippen molar-refractivity contribution in [2.45, 2.75) is 18.9 Å². The lowest BCUT2D eigenvalue weighted by Gasteiger charge is -2.10. The number of carbonyl (C=O) groups is 1. The Balaban J connectivity index is 0.00000128. The van der Waals surface area contributed by atoms with E-state index in [2.05, 4.69) is 10.6 Å². The monoisotopic (exact) mass is 244 g/mol. The summed E-state index contributed by atoms with van der Waals surface area (Å²) in [4.78, 5) is 11.6. The van der Waals surface area contributed by atoms with Gasteiger partial charge in [0.2, 0.25) is 5.91 Å². The number of halogens is 2. The van der Waals surface area contributed by atoms with Crippen molar-refractivity contribution in [3.05, 3.63) is 30.1 Å². The Labute approximate surface area is 99.8 Å². The zero-order chi connectivity index (χ0) is 10.7. The van der Waals surface area contributed by atoms with Gasteiger partial charge in [-0.1, -0.05) is 0 Å². The van der Waals surface area contributed by atoms with Crippen molar-refractivity contribution in [3.63, 3.8) is 0 Å². The van der Waals surface area contributed by atoms with E-state index in [9.17, 15) is 9.18 Å². The molecule has 1 aromatic rings. The maximum absolute atomic E-state index is 12.6. The lowest BCUT2D eigenvalue weighted by Crippen LogP contribution is -2.35. The number of hydrogen-bond acceptors (Lipinski definition) is 2. The minimum Gasteiger partial charge on any atom is -0.325 e. The van der Waals surface area contributed by atoms with E-state index < -0.39 is 0 Å². The van der Waals surface area contributed by atoms with Crippen LogP contribution in [0.5, 0.6) is 0 Å². The van der Waals surface area contributed by atoms with Crippen LogP contribution in [0.2, 0.25) is 0 Å². The SMILES string of the molecule is Cl.O=C(Nc1ccc(F)cc1)C1CCCN1. The molecule has 1 unspecified atom stereocenters. The van der Waals surface area contributed by atoms with E-state index in [-0.39, 0.29) is 30.2 Å². The van der Waals surface area contributed by atoms with Gasteiger partial charge in [-0.25, -0.2) is 4.39 Å². The second kappa shape index (κ2) is 5.82. The van der Waals surface area contributed by atoms with Gasteiger partial charge in [-0.15, -0.1) is 12.4 Å². The minimum absolute atomic E-state index is 0. The Morgan fingerprint density at radius 2 is 2.06 bits per heavy atom. The smallest absolute Gasteiger partial charge is 0.241 e. The second-order valence-electron chi connectivity index (χ2n) is 3.65. The van der Waals surface area contributed by atoms with Gasteiger partial charge in [-0.05, 0) is 43.7 Å². The molecule has 1 heterocycles. The average Bonchev–Trinajstić information content (AvgIpc) is 2.74. The Hall–Kier alpha value is -1.13. The molecule has 5 heteroatoms. The molecule has 0 radical (unpaired) electrons. The number of amides is 1. The first-order valence-electron chi connectivity index (χ1n) is 5.05. The van der Waals surface area contributed by atoms with Gasteiger partial charge in [0.1, 0.15) is 5.82 Å². The molecular formula is C11H14ClFN2O. The molecule has 0 spiro atoms. The molecule has 2 N–H and O–H groups in total. The van der Waals surface area contributed by atoms with Crippen molar-refractivity contribution < 1.29 is 9.18 Å². The summed E-state index contributed by atoms with van der Waals surface area (Å²) in [6.07, 6.45) is 1.90. The van der Waals surface area contributed by atoms with Gasteiger partial charge in [0, 0.05) is 5.69 Å². The summed E-state index contributed by atoms with van der Waals surface area (Å²) < 4.78 is 12.6. The summed E-state index contributed by atoms with van der Waals surface area (Å²) in [5.74, 6) is -0.342. The normalized spacial score (nSPS) is 18.9. The molecule has 1 amide bonds. The first-order chi connectivity index (χ1) is 7.25. The molecule has 0 saturated carbocycles. The molecule has 1 saturated heterocycles. The van der Waals surface area contributed by atoms with E-state index in [0.29, 0.717) is 5.69 Å². The van der Waals surface area contributed by atoms with Gasteiger partial charge >= 0.3 is 0 Å². The maximum Gasteiger partial charge on any atom is 0.241 e. The molecule has 0 aromatic heterocycles. The highest BCUT2D eigenvalue weighted by Gasteiger charge is 2.21. The van der Waals surface area contributed by atoms with Gasteiger partial charge < -0.3 is 10.6 Å². The first kappa shape index (κ1) is 12.9. The summed E-state index contributed by atoms with van der Waals surface area (Å²) in [5.41, 5.74) is 0.634. The summed E-state index contributed by atoms with van der Waals surface area (Å²) in [5, 5.41) is 5.84. The lowest BCUT2D eigenvalue weighted by atomic mass is 10.2. The quantitative estimate of drug-likeness (QED) is 0.835. The zero-order valence-electron chi connectivity index (χ0n) is 8.70. The number of rotatable bonds is 2. The Morgan fingerprint density at radius 3 is 2.62 bits per heavy atom. The number of anilines is 1. The highest BCUT2D eigenvalue weighted by Crippen LogP contribution is 2.11. The second-order valence-corrected chi connectivity index (χ2v) is 3.65. The molecule has 1 atom stereocenters. The van der Waals surface area contributed by atoms with E-state index in [1.807, 2.05) is 0 Å². The molecule has 88 valence electrons. The predicted molar refractivity (Wildman–Crippen MR) is 63.3 cm³/mol. The summed E-state index contributed by atoms with van der Waals surface area (Å²) in [6, 6.07) is 5.68.